The third-order valence-electron chi connectivity index (χ3n) is 2.09. The Morgan fingerprint density at radius 2 is 1.95 bits per heavy atom. The molecule has 0 saturated carbocycles. The molecule has 0 aromatic heterocycles. The van der Waals surface area contributed by atoms with Crippen molar-refractivity contribution in [3.05, 3.63) is 35.9 Å². The third kappa shape index (κ3) is 7.58. The quantitative estimate of drug-likeness (QED) is 0.582. The summed E-state index contributed by atoms with van der Waals surface area (Å²) in [5.74, 6) is 3.90. The summed E-state index contributed by atoms with van der Waals surface area (Å²) < 4.78 is 5.01. The van der Waals surface area contributed by atoms with Crippen LogP contribution in [0.5, 0.6) is 0 Å². The summed E-state index contributed by atoms with van der Waals surface area (Å²) in [6, 6.07) is 9.20. The molecule has 100 valence electrons. The number of aliphatic carboxylic acids is 1. The maximum atomic E-state index is 11.3. The van der Waals surface area contributed by atoms with Gasteiger partial charge in [-0.3, -0.25) is 9.59 Å². The van der Waals surface area contributed by atoms with Gasteiger partial charge in [0, 0.05) is 18.0 Å². The Bertz CT molecular complexity index is 473. The number of ether oxygens (including phenoxy) is 1. The third-order valence-corrected chi connectivity index (χ3v) is 2.09. The second kappa shape index (κ2) is 8.72. The first-order valence-corrected chi connectivity index (χ1v) is 5.83. The number of nitrogens with one attached hydrogen (secondary N) is 1. The molecule has 0 fully saturated rings. The van der Waals surface area contributed by atoms with Crippen LogP contribution in [0.4, 0.5) is 0 Å². The predicted octanol–water partition coefficient (Wildman–Crippen LogP) is 0.646. The second-order valence-electron chi connectivity index (χ2n) is 3.63. The van der Waals surface area contributed by atoms with Crippen molar-refractivity contribution >= 4 is 11.9 Å². The van der Waals surface area contributed by atoms with Crippen LogP contribution in [0.3, 0.4) is 0 Å². The predicted molar refractivity (Wildman–Crippen MR) is 69.4 cm³/mol. The number of carbonyl (C=O) groups excluding carboxylic acids is 1. The van der Waals surface area contributed by atoms with Gasteiger partial charge in [-0.25, -0.2) is 0 Å². The Balaban J connectivity index is 2.15. The largest absolute Gasteiger partial charge is 0.481 e. The normalized spacial score (nSPS) is 9.26. The molecule has 5 nitrogen and oxygen atoms in total. The van der Waals surface area contributed by atoms with E-state index in [1.54, 1.807) is 0 Å². The molecule has 0 heterocycles. The van der Waals surface area contributed by atoms with E-state index >= 15 is 0 Å². The summed E-state index contributed by atoms with van der Waals surface area (Å²) in [7, 11) is 0. The first kappa shape index (κ1) is 14.7. The Hall–Kier alpha value is -2.32. The van der Waals surface area contributed by atoms with Gasteiger partial charge in [0.2, 0.25) is 0 Å². The topological polar surface area (TPSA) is 75.6 Å². The van der Waals surface area contributed by atoms with E-state index in [0.29, 0.717) is 6.54 Å². The number of rotatable bonds is 6. The van der Waals surface area contributed by atoms with Gasteiger partial charge >= 0.3 is 5.97 Å². The lowest BCUT2D eigenvalue weighted by molar-refractivity contribution is -0.138. The van der Waals surface area contributed by atoms with Gasteiger partial charge in [0.05, 0.1) is 19.6 Å². The molecule has 2 N–H and O–H groups in total. The highest BCUT2D eigenvalue weighted by atomic mass is 16.5. The van der Waals surface area contributed by atoms with Crippen LogP contribution >= 0.6 is 0 Å². The number of carboxylic acids is 1. The van der Waals surface area contributed by atoms with Crippen molar-refractivity contribution in [3.8, 4) is 11.8 Å². The van der Waals surface area contributed by atoms with Gasteiger partial charge in [-0.1, -0.05) is 24.1 Å². The first-order chi connectivity index (χ1) is 9.18. The van der Waals surface area contributed by atoms with Crippen molar-refractivity contribution in [1.82, 2.24) is 5.32 Å². The van der Waals surface area contributed by atoms with Crippen LogP contribution < -0.4 is 5.32 Å². The standard InChI is InChI=1S/C14H15NO4/c16-13(7-6-12-4-2-1-3-5-12)15-9-11-19-10-8-14(17)18/h1-5H,8-11H2,(H,15,16)(H,17,18). The lowest BCUT2D eigenvalue weighted by Crippen LogP contribution is -2.26. The molecule has 5 heteroatoms. The zero-order valence-electron chi connectivity index (χ0n) is 10.4. The molecule has 0 atom stereocenters. The molecule has 1 aromatic carbocycles. The lowest BCUT2D eigenvalue weighted by atomic mass is 10.2. The van der Waals surface area contributed by atoms with Crippen LogP contribution in [0.25, 0.3) is 0 Å². The van der Waals surface area contributed by atoms with Crippen molar-refractivity contribution in [1.29, 1.82) is 0 Å². The summed E-state index contributed by atoms with van der Waals surface area (Å²) in [4.78, 5) is 21.5. The number of hydrogen-bond acceptors (Lipinski definition) is 3. The molecule has 0 spiro atoms. The Morgan fingerprint density at radius 3 is 2.63 bits per heavy atom. The van der Waals surface area contributed by atoms with Crippen LogP contribution in [-0.4, -0.2) is 36.7 Å². The zero-order valence-corrected chi connectivity index (χ0v) is 10.4. The van der Waals surface area contributed by atoms with Crippen LogP contribution in [-0.2, 0) is 14.3 Å². The van der Waals surface area contributed by atoms with E-state index in [1.807, 2.05) is 30.3 Å². The van der Waals surface area contributed by atoms with E-state index in [2.05, 4.69) is 17.2 Å². The molecule has 0 radical (unpaired) electrons. The number of carboxylic acid groups (broad SMARTS) is 1. The summed E-state index contributed by atoms with van der Waals surface area (Å²) in [5, 5.41) is 10.9. The number of hydrogen-bond donors (Lipinski definition) is 2. The molecule has 1 rings (SSSR count). The maximum absolute atomic E-state index is 11.3. The fraction of sp³-hybridized carbons (Fsp3) is 0.286. The highest BCUT2D eigenvalue weighted by molar-refractivity contribution is 5.94. The van der Waals surface area contributed by atoms with E-state index in [9.17, 15) is 9.59 Å². The Labute approximate surface area is 111 Å². The van der Waals surface area contributed by atoms with Crippen molar-refractivity contribution in [3.63, 3.8) is 0 Å². The summed E-state index contributed by atoms with van der Waals surface area (Å²) >= 11 is 0. The van der Waals surface area contributed by atoms with Crippen LogP contribution in [0.2, 0.25) is 0 Å². The van der Waals surface area contributed by atoms with E-state index in [1.165, 1.54) is 0 Å². The van der Waals surface area contributed by atoms with Crippen molar-refractivity contribution in [2.24, 2.45) is 0 Å². The average molecular weight is 261 g/mol. The van der Waals surface area contributed by atoms with E-state index in [-0.39, 0.29) is 25.5 Å². The minimum absolute atomic E-state index is 0.0399. The van der Waals surface area contributed by atoms with E-state index in [0.717, 1.165) is 5.56 Å². The highest BCUT2D eigenvalue weighted by Gasteiger charge is 1.97. The van der Waals surface area contributed by atoms with Crippen LogP contribution in [0.1, 0.15) is 12.0 Å². The van der Waals surface area contributed by atoms with Gasteiger partial charge in [-0.2, -0.15) is 0 Å². The lowest BCUT2D eigenvalue weighted by Gasteiger charge is -2.02. The highest BCUT2D eigenvalue weighted by Crippen LogP contribution is 1.94. The Kier molecular flexibility index (Phi) is 6.77. The minimum Gasteiger partial charge on any atom is -0.481 e. The molecule has 0 aliphatic carbocycles. The molecule has 0 saturated heterocycles. The van der Waals surface area contributed by atoms with Gasteiger partial charge < -0.3 is 15.2 Å². The molecule has 0 aliphatic heterocycles. The fourth-order valence-electron chi connectivity index (χ4n) is 1.19. The van der Waals surface area contributed by atoms with Crippen molar-refractivity contribution in [2.75, 3.05) is 19.8 Å². The SMILES string of the molecule is O=C(O)CCOCCNC(=O)C#Cc1ccccc1. The smallest absolute Gasteiger partial charge is 0.305 e. The fourth-order valence-corrected chi connectivity index (χ4v) is 1.19. The first-order valence-electron chi connectivity index (χ1n) is 5.83. The van der Waals surface area contributed by atoms with Gasteiger partial charge in [0.1, 0.15) is 0 Å². The molecule has 0 unspecified atom stereocenters. The Morgan fingerprint density at radius 1 is 1.21 bits per heavy atom. The van der Waals surface area contributed by atoms with Crippen LogP contribution in [0.15, 0.2) is 30.3 Å². The number of benzene rings is 1. The molecule has 1 amide bonds. The van der Waals surface area contributed by atoms with Crippen molar-refractivity contribution < 1.29 is 19.4 Å². The van der Waals surface area contributed by atoms with Crippen molar-refractivity contribution in [2.45, 2.75) is 6.42 Å². The molecular formula is C14H15NO4. The monoisotopic (exact) mass is 261 g/mol. The zero-order chi connectivity index (χ0) is 13.9. The maximum Gasteiger partial charge on any atom is 0.305 e. The van der Waals surface area contributed by atoms with Gasteiger partial charge in [0.15, 0.2) is 0 Å². The number of amides is 1. The van der Waals surface area contributed by atoms with Gasteiger partial charge in [0.25, 0.3) is 5.91 Å². The molecule has 19 heavy (non-hydrogen) atoms. The van der Waals surface area contributed by atoms with Gasteiger partial charge in [-0.05, 0) is 12.1 Å². The summed E-state index contributed by atoms with van der Waals surface area (Å²) in [5.41, 5.74) is 0.773. The van der Waals surface area contributed by atoms with Gasteiger partial charge in [-0.15, -0.1) is 0 Å². The molecule has 1 aromatic rings. The summed E-state index contributed by atoms with van der Waals surface area (Å²) in [6.45, 7) is 0.717. The summed E-state index contributed by atoms with van der Waals surface area (Å²) in [6.07, 6.45) is -0.0399. The number of carbonyl (C=O) groups is 2. The molecule has 0 aliphatic rings. The molecular weight excluding hydrogens is 246 g/mol. The minimum atomic E-state index is -0.905. The van der Waals surface area contributed by atoms with E-state index < -0.39 is 5.97 Å². The average Bonchev–Trinajstić information content (AvgIpc) is 2.41. The second-order valence-corrected chi connectivity index (χ2v) is 3.63. The molecule has 0 bridgehead atoms. The van der Waals surface area contributed by atoms with E-state index in [4.69, 9.17) is 9.84 Å². The van der Waals surface area contributed by atoms with Crippen LogP contribution in [0, 0.1) is 11.8 Å².